The minimum Gasteiger partial charge on any atom is -0.429 e. The number of carbonyl (C=O) groups is 2. The van der Waals surface area contributed by atoms with Gasteiger partial charge in [-0.2, -0.15) is 0 Å². The summed E-state index contributed by atoms with van der Waals surface area (Å²) in [6.07, 6.45) is 3.18. The number of benzene rings is 1. The van der Waals surface area contributed by atoms with Gasteiger partial charge in [0.2, 0.25) is 5.91 Å². The molecule has 1 aliphatic heterocycles. The van der Waals surface area contributed by atoms with Crippen molar-refractivity contribution in [2.24, 2.45) is 0 Å². The highest BCUT2D eigenvalue weighted by Crippen LogP contribution is 2.18. The number of H-pyrrole nitrogens is 1. The molecule has 0 spiro atoms. The van der Waals surface area contributed by atoms with Crippen molar-refractivity contribution < 1.29 is 14.0 Å². The molecule has 2 amide bonds. The summed E-state index contributed by atoms with van der Waals surface area (Å²) >= 11 is 4.94. The Morgan fingerprint density at radius 3 is 2.96 bits per heavy atom. The lowest BCUT2D eigenvalue weighted by Crippen LogP contribution is -2.51. The Hall–Kier alpha value is -2.15. The van der Waals surface area contributed by atoms with Crippen LogP contribution < -0.4 is 5.32 Å². The maximum atomic E-state index is 12.6. The van der Waals surface area contributed by atoms with Gasteiger partial charge in [-0.25, -0.2) is 0 Å². The number of carbonyl (C=O) groups excluding carboxylic acids is 2. The van der Waals surface area contributed by atoms with E-state index in [1.807, 2.05) is 4.90 Å². The molecule has 2 atom stereocenters. The largest absolute Gasteiger partial charge is 0.429 e. The quantitative estimate of drug-likeness (QED) is 0.837. The lowest BCUT2D eigenvalue weighted by molar-refractivity contribution is -0.136. The van der Waals surface area contributed by atoms with Crippen LogP contribution in [0.2, 0.25) is 0 Å². The molecular weight excluding hydrogens is 326 g/mol. The van der Waals surface area contributed by atoms with Gasteiger partial charge in [0.05, 0.1) is 5.52 Å². The molecule has 0 unspecified atom stereocenters. The Labute approximate surface area is 145 Å². The van der Waals surface area contributed by atoms with E-state index >= 15 is 0 Å². The normalized spacial score (nSPS) is 19.2. The van der Waals surface area contributed by atoms with Crippen molar-refractivity contribution in [1.82, 2.24) is 15.2 Å². The average Bonchev–Trinajstić information content (AvgIpc) is 2.93. The monoisotopic (exact) mass is 347 g/mol. The van der Waals surface area contributed by atoms with E-state index in [0.29, 0.717) is 11.1 Å². The van der Waals surface area contributed by atoms with E-state index in [2.05, 4.69) is 17.2 Å². The summed E-state index contributed by atoms with van der Waals surface area (Å²) < 4.78 is 5.32. The van der Waals surface area contributed by atoms with Gasteiger partial charge in [0, 0.05) is 18.2 Å². The van der Waals surface area contributed by atoms with Crippen LogP contribution in [0.5, 0.6) is 0 Å². The molecule has 1 aromatic carbocycles. The molecule has 0 radical (unpaired) electrons. The molecule has 1 fully saturated rings. The molecule has 0 bridgehead atoms. The predicted octanol–water partition coefficient (Wildman–Crippen LogP) is 3.01. The zero-order valence-corrected chi connectivity index (χ0v) is 14.6. The Bertz CT molecular complexity index is 826. The fourth-order valence-corrected chi connectivity index (χ4v) is 3.30. The second-order valence-corrected chi connectivity index (χ2v) is 6.67. The van der Waals surface area contributed by atoms with E-state index in [-0.39, 0.29) is 22.7 Å². The SMILES string of the molecule is C[C@H](NC(=O)c1ccc2[nH]c(=S)oc2c1)C(=O)N1CCCC[C@@H]1C. The standard InChI is InChI=1S/C17H21N3O3S/c1-10-5-3-4-8-20(10)16(22)11(2)18-15(21)12-6-7-13-14(9-12)23-17(24)19-13/h6-7,9-11H,3-5,8H2,1-2H3,(H,18,21)(H,19,24)/t10-,11-/m0/s1. The molecule has 128 valence electrons. The van der Waals surface area contributed by atoms with E-state index in [4.69, 9.17) is 16.6 Å². The first-order valence-corrected chi connectivity index (χ1v) is 8.61. The first kappa shape index (κ1) is 16.7. The summed E-state index contributed by atoms with van der Waals surface area (Å²) in [5.41, 5.74) is 1.70. The van der Waals surface area contributed by atoms with Gasteiger partial charge in [-0.05, 0) is 63.5 Å². The summed E-state index contributed by atoms with van der Waals surface area (Å²) in [4.78, 5) is 30.0. The third kappa shape index (κ3) is 3.36. The topological polar surface area (TPSA) is 78.3 Å². The molecule has 24 heavy (non-hydrogen) atoms. The molecular formula is C17H21N3O3S. The third-order valence-corrected chi connectivity index (χ3v) is 4.67. The predicted molar refractivity (Wildman–Crippen MR) is 93.4 cm³/mol. The number of hydrogen-bond acceptors (Lipinski definition) is 4. The van der Waals surface area contributed by atoms with Crippen LogP contribution in [0.3, 0.4) is 0 Å². The van der Waals surface area contributed by atoms with Gasteiger partial charge in [-0.15, -0.1) is 0 Å². The Morgan fingerprint density at radius 1 is 1.42 bits per heavy atom. The van der Waals surface area contributed by atoms with E-state index in [1.54, 1.807) is 25.1 Å². The molecule has 2 heterocycles. The summed E-state index contributed by atoms with van der Waals surface area (Å²) in [5.74, 6) is -0.333. The van der Waals surface area contributed by atoms with Crippen molar-refractivity contribution in [3.63, 3.8) is 0 Å². The zero-order valence-electron chi connectivity index (χ0n) is 13.8. The van der Waals surface area contributed by atoms with E-state index in [9.17, 15) is 9.59 Å². The van der Waals surface area contributed by atoms with Gasteiger partial charge in [-0.3, -0.25) is 9.59 Å². The first-order valence-electron chi connectivity index (χ1n) is 8.20. The molecule has 0 aliphatic carbocycles. The van der Waals surface area contributed by atoms with Gasteiger partial charge in [0.25, 0.3) is 10.7 Å². The molecule has 3 rings (SSSR count). The van der Waals surface area contributed by atoms with Crippen LogP contribution in [0.15, 0.2) is 22.6 Å². The van der Waals surface area contributed by atoms with Crippen molar-refractivity contribution >= 4 is 35.1 Å². The molecule has 6 nitrogen and oxygen atoms in total. The van der Waals surface area contributed by atoms with Crippen LogP contribution in [0, 0.1) is 4.84 Å². The molecule has 7 heteroatoms. The number of piperidine rings is 1. The summed E-state index contributed by atoms with van der Waals surface area (Å²) in [7, 11) is 0. The number of aromatic nitrogens is 1. The minimum atomic E-state index is -0.563. The van der Waals surface area contributed by atoms with Crippen molar-refractivity contribution in [3.8, 4) is 0 Å². The molecule has 1 saturated heterocycles. The first-order chi connectivity index (χ1) is 11.5. The van der Waals surface area contributed by atoms with Crippen molar-refractivity contribution in [1.29, 1.82) is 0 Å². The number of nitrogens with one attached hydrogen (secondary N) is 2. The van der Waals surface area contributed by atoms with Gasteiger partial charge < -0.3 is 19.6 Å². The second-order valence-electron chi connectivity index (χ2n) is 6.30. The minimum absolute atomic E-state index is 0.0317. The Balaban J connectivity index is 1.70. The molecule has 0 saturated carbocycles. The second kappa shape index (κ2) is 6.76. The van der Waals surface area contributed by atoms with Crippen molar-refractivity contribution in [3.05, 3.63) is 28.6 Å². The zero-order chi connectivity index (χ0) is 17.3. The summed E-state index contributed by atoms with van der Waals surface area (Å²) in [6, 6.07) is 4.71. The molecule has 1 aliphatic rings. The maximum Gasteiger partial charge on any atom is 0.266 e. The van der Waals surface area contributed by atoms with Crippen molar-refractivity contribution in [2.75, 3.05) is 6.54 Å². The third-order valence-electron chi connectivity index (χ3n) is 4.49. The lowest BCUT2D eigenvalue weighted by atomic mass is 10.0. The smallest absolute Gasteiger partial charge is 0.266 e. The van der Waals surface area contributed by atoms with Gasteiger partial charge >= 0.3 is 0 Å². The van der Waals surface area contributed by atoms with Gasteiger partial charge in [0.15, 0.2) is 5.58 Å². The number of oxazole rings is 1. The van der Waals surface area contributed by atoms with E-state index < -0.39 is 6.04 Å². The summed E-state index contributed by atoms with van der Waals surface area (Å²) in [6.45, 7) is 4.54. The number of likely N-dealkylation sites (tertiary alicyclic amines) is 1. The number of fused-ring (bicyclic) bond motifs is 1. The highest BCUT2D eigenvalue weighted by molar-refractivity contribution is 7.71. The highest BCUT2D eigenvalue weighted by atomic mass is 32.1. The number of rotatable bonds is 3. The van der Waals surface area contributed by atoms with E-state index in [1.165, 1.54) is 0 Å². The van der Waals surface area contributed by atoms with Gasteiger partial charge in [-0.1, -0.05) is 0 Å². The van der Waals surface area contributed by atoms with Crippen LogP contribution in [-0.2, 0) is 4.79 Å². The average molecular weight is 347 g/mol. The molecule has 2 aromatic rings. The van der Waals surface area contributed by atoms with Crippen LogP contribution >= 0.6 is 12.2 Å². The van der Waals surface area contributed by atoms with E-state index in [0.717, 1.165) is 31.3 Å². The molecule has 2 N–H and O–H groups in total. The Kier molecular flexibility index (Phi) is 4.71. The molecule has 1 aromatic heterocycles. The fraction of sp³-hybridized carbons (Fsp3) is 0.471. The van der Waals surface area contributed by atoms with Crippen LogP contribution in [0.1, 0.15) is 43.5 Å². The number of amides is 2. The Morgan fingerprint density at radius 2 is 2.21 bits per heavy atom. The van der Waals surface area contributed by atoms with Gasteiger partial charge in [0.1, 0.15) is 6.04 Å². The van der Waals surface area contributed by atoms with Crippen LogP contribution in [0.4, 0.5) is 0 Å². The van der Waals surface area contributed by atoms with Crippen LogP contribution in [-0.4, -0.2) is 40.3 Å². The number of nitrogens with zero attached hydrogens (tertiary/aromatic N) is 1. The van der Waals surface area contributed by atoms with Crippen LogP contribution in [0.25, 0.3) is 11.1 Å². The maximum absolute atomic E-state index is 12.6. The number of hydrogen-bond donors (Lipinski definition) is 2. The number of aromatic amines is 1. The summed E-state index contributed by atoms with van der Waals surface area (Å²) in [5, 5.41) is 2.78. The fourth-order valence-electron chi connectivity index (χ4n) is 3.10. The lowest BCUT2D eigenvalue weighted by Gasteiger charge is -2.35. The highest BCUT2D eigenvalue weighted by Gasteiger charge is 2.28. The van der Waals surface area contributed by atoms with Crippen molar-refractivity contribution in [2.45, 2.75) is 45.2 Å².